The molecule has 0 aliphatic carbocycles. The first-order valence-electron chi connectivity index (χ1n) is 8.51. The quantitative estimate of drug-likeness (QED) is 0.631. The van der Waals surface area contributed by atoms with Gasteiger partial charge < -0.3 is 15.2 Å². The lowest BCUT2D eigenvalue weighted by Gasteiger charge is -2.16. The van der Waals surface area contributed by atoms with E-state index in [9.17, 15) is 9.50 Å². The molecule has 5 heteroatoms. The number of benzene rings is 3. The lowest BCUT2D eigenvalue weighted by Crippen LogP contribution is -2.24. The largest absolute Gasteiger partial charge is 0.488 e. The summed E-state index contributed by atoms with van der Waals surface area (Å²) >= 11 is 6.09. The fourth-order valence-electron chi connectivity index (χ4n) is 2.86. The van der Waals surface area contributed by atoms with E-state index >= 15 is 0 Å². The predicted molar refractivity (Wildman–Crippen MR) is 103 cm³/mol. The maximum absolute atomic E-state index is 14.0. The third-order valence-corrected chi connectivity index (χ3v) is 4.53. The SMILES string of the molecule is C[C@@H](O)CNCc1c(OCc2c(F)cccc2Cl)ccc2ccccc12. The fraction of sp³-hybridized carbons (Fsp3) is 0.238. The normalized spacial score (nSPS) is 12.3. The van der Waals surface area contributed by atoms with Crippen molar-refractivity contribution in [3.63, 3.8) is 0 Å². The monoisotopic (exact) mass is 373 g/mol. The van der Waals surface area contributed by atoms with Crippen LogP contribution in [0, 0.1) is 5.82 Å². The van der Waals surface area contributed by atoms with Gasteiger partial charge in [0.25, 0.3) is 0 Å². The van der Waals surface area contributed by atoms with Crippen LogP contribution >= 0.6 is 11.6 Å². The first-order valence-corrected chi connectivity index (χ1v) is 8.89. The Hall–Kier alpha value is -2.14. The molecule has 0 unspecified atom stereocenters. The second-order valence-electron chi connectivity index (χ2n) is 6.23. The van der Waals surface area contributed by atoms with E-state index in [-0.39, 0.29) is 12.4 Å². The van der Waals surface area contributed by atoms with Crippen LogP contribution in [0.2, 0.25) is 5.02 Å². The topological polar surface area (TPSA) is 41.5 Å². The molecule has 0 saturated heterocycles. The zero-order chi connectivity index (χ0) is 18.5. The molecule has 0 amide bonds. The summed E-state index contributed by atoms with van der Waals surface area (Å²) in [5.41, 5.74) is 1.31. The third-order valence-electron chi connectivity index (χ3n) is 4.17. The summed E-state index contributed by atoms with van der Waals surface area (Å²) in [5, 5.41) is 15.2. The van der Waals surface area contributed by atoms with Gasteiger partial charge >= 0.3 is 0 Å². The van der Waals surface area contributed by atoms with Gasteiger partial charge in [-0.3, -0.25) is 0 Å². The Kier molecular flexibility index (Phi) is 6.09. The van der Waals surface area contributed by atoms with Crippen LogP contribution in [-0.2, 0) is 13.2 Å². The molecule has 3 rings (SSSR count). The number of hydrogen-bond donors (Lipinski definition) is 2. The molecule has 0 radical (unpaired) electrons. The van der Waals surface area contributed by atoms with Crippen LogP contribution in [-0.4, -0.2) is 17.8 Å². The Morgan fingerprint density at radius 1 is 1.08 bits per heavy atom. The summed E-state index contributed by atoms with van der Waals surface area (Å²) in [6.07, 6.45) is -0.438. The van der Waals surface area contributed by atoms with E-state index in [4.69, 9.17) is 16.3 Å². The van der Waals surface area contributed by atoms with Crippen molar-refractivity contribution in [1.29, 1.82) is 0 Å². The van der Waals surface area contributed by atoms with Crippen molar-refractivity contribution in [2.75, 3.05) is 6.54 Å². The lowest BCUT2D eigenvalue weighted by atomic mass is 10.0. The average molecular weight is 374 g/mol. The number of nitrogens with one attached hydrogen (secondary N) is 1. The van der Waals surface area contributed by atoms with Crippen LogP contribution in [0.4, 0.5) is 4.39 Å². The van der Waals surface area contributed by atoms with Crippen LogP contribution in [0.15, 0.2) is 54.6 Å². The standard InChI is InChI=1S/C21H21ClFNO2/c1-14(25)11-24-12-17-16-6-3-2-5-15(16)9-10-21(17)26-13-18-19(22)7-4-8-20(18)23/h2-10,14,24-25H,11-13H2,1H3/t14-/m1/s1. The van der Waals surface area contributed by atoms with Gasteiger partial charge in [0.05, 0.1) is 11.1 Å². The molecule has 3 aromatic carbocycles. The van der Waals surface area contributed by atoms with E-state index in [0.29, 0.717) is 29.4 Å². The smallest absolute Gasteiger partial charge is 0.131 e. The van der Waals surface area contributed by atoms with Crippen LogP contribution in [0.5, 0.6) is 5.75 Å². The van der Waals surface area contributed by atoms with E-state index in [0.717, 1.165) is 16.3 Å². The van der Waals surface area contributed by atoms with Gasteiger partial charge in [-0.2, -0.15) is 0 Å². The van der Waals surface area contributed by atoms with Gasteiger partial charge in [-0.05, 0) is 35.9 Å². The average Bonchev–Trinajstić information content (AvgIpc) is 2.62. The molecule has 0 saturated carbocycles. The third kappa shape index (κ3) is 4.33. The number of rotatable bonds is 7. The summed E-state index contributed by atoms with van der Waals surface area (Å²) in [6.45, 7) is 2.79. The summed E-state index contributed by atoms with van der Waals surface area (Å²) in [7, 11) is 0. The van der Waals surface area contributed by atoms with Gasteiger partial charge in [0, 0.05) is 24.2 Å². The Balaban J connectivity index is 1.89. The minimum Gasteiger partial charge on any atom is -0.488 e. The molecule has 2 N–H and O–H groups in total. The van der Waals surface area contributed by atoms with Gasteiger partial charge in [-0.25, -0.2) is 4.39 Å². The van der Waals surface area contributed by atoms with Crippen molar-refractivity contribution in [3.8, 4) is 5.75 Å². The second-order valence-corrected chi connectivity index (χ2v) is 6.64. The molecule has 136 valence electrons. The lowest BCUT2D eigenvalue weighted by molar-refractivity contribution is 0.190. The molecule has 3 aromatic rings. The highest BCUT2D eigenvalue weighted by molar-refractivity contribution is 6.31. The summed E-state index contributed by atoms with van der Waals surface area (Å²) in [6, 6.07) is 16.5. The van der Waals surface area contributed by atoms with Crippen LogP contribution in [0.3, 0.4) is 0 Å². The molecule has 0 heterocycles. The number of halogens is 2. The van der Waals surface area contributed by atoms with E-state index in [1.807, 2.05) is 36.4 Å². The zero-order valence-electron chi connectivity index (χ0n) is 14.5. The molecule has 0 fully saturated rings. The van der Waals surface area contributed by atoms with E-state index in [2.05, 4.69) is 5.32 Å². The first kappa shape index (κ1) is 18.6. The molecular weight excluding hydrogens is 353 g/mol. The maximum atomic E-state index is 14.0. The molecule has 26 heavy (non-hydrogen) atoms. The van der Waals surface area contributed by atoms with Gasteiger partial charge in [0.15, 0.2) is 0 Å². The first-order chi connectivity index (χ1) is 12.6. The van der Waals surface area contributed by atoms with Gasteiger partial charge in [-0.1, -0.05) is 48.0 Å². The Morgan fingerprint density at radius 2 is 1.88 bits per heavy atom. The highest BCUT2D eigenvalue weighted by atomic mass is 35.5. The summed E-state index contributed by atoms with van der Waals surface area (Å²) in [4.78, 5) is 0. The van der Waals surface area contributed by atoms with Crippen molar-refractivity contribution in [2.45, 2.75) is 26.2 Å². The number of aliphatic hydroxyl groups excluding tert-OH is 1. The zero-order valence-corrected chi connectivity index (χ0v) is 15.3. The van der Waals surface area contributed by atoms with E-state index in [1.54, 1.807) is 19.1 Å². The fourth-order valence-corrected chi connectivity index (χ4v) is 3.08. The number of fused-ring (bicyclic) bond motifs is 1. The van der Waals surface area contributed by atoms with Crippen molar-refractivity contribution in [2.24, 2.45) is 0 Å². The number of hydrogen-bond acceptors (Lipinski definition) is 3. The van der Waals surface area contributed by atoms with Gasteiger partial charge in [0.1, 0.15) is 18.2 Å². The van der Waals surface area contributed by atoms with Crippen molar-refractivity contribution in [1.82, 2.24) is 5.32 Å². The van der Waals surface area contributed by atoms with Crippen LogP contribution < -0.4 is 10.1 Å². The Labute approximate surface area is 157 Å². The maximum Gasteiger partial charge on any atom is 0.131 e. The van der Waals surface area contributed by atoms with Gasteiger partial charge in [0.2, 0.25) is 0 Å². The summed E-state index contributed by atoms with van der Waals surface area (Å²) < 4.78 is 19.9. The highest BCUT2D eigenvalue weighted by Crippen LogP contribution is 2.30. The molecule has 1 atom stereocenters. The van der Waals surface area contributed by atoms with E-state index < -0.39 is 6.10 Å². The predicted octanol–water partition coefficient (Wildman–Crippen LogP) is 4.68. The molecule has 0 aliphatic rings. The molecule has 0 aromatic heterocycles. The van der Waals surface area contributed by atoms with Crippen molar-refractivity contribution in [3.05, 3.63) is 76.6 Å². The molecule has 0 bridgehead atoms. The molecular formula is C21H21ClFNO2. The molecule has 0 aliphatic heterocycles. The summed E-state index contributed by atoms with van der Waals surface area (Å²) in [5.74, 6) is 0.285. The van der Waals surface area contributed by atoms with Crippen molar-refractivity contribution < 1.29 is 14.2 Å². The van der Waals surface area contributed by atoms with Crippen LogP contribution in [0.25, 0.3) is 10.8 Å². The van der Waals surface area contributed by atoms with Crippen molar-refractivity contribution >= 4 is 22.4 Å². The molecule has 0 spiro atoms. The Morgan fingerprint density at radius 3 is 2.65 bits per heavy atom. The highest BCUT2D eigenvalue weighted by Gasteiger charge is 2.12. The minimum atomic E-state index is -0.438. The minimum absolute atomic E-state index is 0.0489. The van der Waals surface area contributed by atoms with E-state index in [1.165, 1.54) is 6.07 Å². The molecule has 3 nitrogen and oxygen atoms in total. The second kappa shape index (κ2) is 8.49. The Bertz CT molecular complexity index is 878. The number of ether oxygens (including phenoxy) is 1. The van der Waals surface area contributed by atoms with Crippen LogP contribution in [0.1, 0.15) is 18.1 Å². The number of aliphatic hydroxyl groups is 1. The van der Waals surface area contributed by atoms with Gasteiger partial charge in [-0.15, -0.1) is 0 Å².